The third-order valence-electron chi connectivity index (χ3n) is 0.969. The molecule has 0 saturated carbocycles. The summed E-state index contributed by atoms with van der Waals surface area (Å²) in [7, 11) is -2.04. The van der Waals surface area contributed by atoms with Gasteiger partial charge in [0.05, 0.1) is 13.4 Å². The van der Waals surface area contributed by atoms with Gasteiger partial charge in [-0.1, -0.05) is 36.4 Å². The van der Waals surface area contributed by atoms with Gasteiger partial charge in [-0.05, 0) is 0 Å². The minimum Gasteiger partial charge on any atom is -0.274 e. The number of hydrogen-bond donors (Lipinski definition) is 0. The van der Waals surface area contributed by atoms with E-state index in [0.717, 1.165) is 13.4 Å². The van der Waals surface area contributed by atoms with E-state index in [9.17, 15) is 8.42 Å². The lowest BCUT2D eigenvalue weighted by atomic mass is 10.4. The lowest BCUT2D eigenvalue weighted by Crippen LogP contribution is -1.95. The van der Waals surface area contributed by atoms with Crippen LogP contribution in [0.5, 0.6) is 0 Å². The molecular weight excluding hydrogens is 176 g/mol. The first-order valence-electron chi connectivity index (χ1n) is 3.32. The van der Waals surface area contributed by atoms with E-state index in [2.05, 4.69) is 4.18 Å². The highest BCUT2D eigenvalue weighted by Gasteiger charge is 1.90. The molecule has 0 aliphatic heterocycles. The third-order valence-corrected chi connectivity index (χ3v) is 1.57. The van der Waals surface area contributed by atoms with Gasteiger partial charge in [0, 0.05) is 0 Å². The summed E-state index contributed by atoms with van der Waals surface area (Å²) >= 11 is 0. The van der Waals surface area contributed by atoms with Crippen LogP contribution in [0, 0.1) is 0 Å². The Morgan fingerprint density at radius 2 is 1.08 bits per heavy atom. The summed E-state index contributed by atoms with van der Waals surface area (Å²) in [6.07, 6.45) is 0.993. The van der Waals surface area contributed by atoms with Crippen LogP contribution in [0.15, 0.2) is 36.4 Å². The van der Waals surface area contributed by atoms with Crippen molar-refractivity contribution in [1.82, 2.24) is 0 Å². The molecule has 0 unspecified atom stereocenters. The van der Waals surface area contributed by atoms with E-state index < -0.39 is 10.1 Å². The van der Waals surface area contributed by atoms with Crippen LogP contribution in [-0.2, 0) is 14.3 Å². The fourth-order valence-electron chi connectivity index (χ4n) is 0.385. The normalized spacial score (nSPS) is 9.83. The fourth-order valence-corrected chi connectivity index (χ4v) is 0.385. The highest BCUT2D eigenvalue weighted by atomic mass is 32.2. The molecule has 4 heteroatoms. The molecule has 0 saturated heterocycles. The Labute approximate surface area is 73.1 Å². The second-order valence-corrected chi connectivity index (χ2v) is 3.77. The largest absolute Gasteiger partial charge is 0.274 e. The Kier molecular flexibility index (Phi) is 5.32. The predicted octanol–water partition coefficient (Wildman–Crippen LogP) is 1.28. The molecule has 0 aromatic heterocycles. The maximum absolute atomic E-state index is 9.78. The topological polar surface area (TPSA) is 43.4 Å². The number of benzene rings is 1. The molecule has 12 heavy (non-hydrogen) atoms. The highest BCUT2D eigenvalue weighted by molar-refractivity contribution is 7.85. The second-order valence-electron chi connectivity index (χ2n) is 2.03. The Morgan fingerprint density at radius 1 is 0.917 bits per heavy atom. The van der Waals surface area contributed by atoms with Crippen LogP contribution in [-0.4, -0.2) is 21.8 Å². The average molecular weight is 188 g/mol. The van der Waals surface area contributed by atoms with Crippen molar-refractivity contribution in [3.8, 4) is 0 Å². The third kappa shape index (κ3) is 9.13. The van der Waals surface area contributed by atoms with Crippen molar-refractivity contribution in [3.05, 3.63) is 36.4 Å². The minimum atomic E-state index is -3.16. The van der Waals surface area contributed by atoms with Crippen molar-refractivity contribution in [2.24, 2.45) is 0 Å². The van der Waals surface area contributed by atoms with Crippen molar-refractivity contribution in [2.75, 3.05) is 13.4 Å². The van der Waals surface area contributed by atoms with E-state index in [1.165, 1.54) is 0 Å². The van der Waals surface area contributed by atoms with Crippen molar-refractivity contribution >= 4 is 10.1 Å². The van der Waals surface area contributed by atoms with E-state index in [1.807, 2.05) is 36.4 Å². The molecule has 0 amide bonds. The predicted molar refractivity (Wildman–Crippen MR) is 48.3 cm³/mol. The summed E-state index contributed by atoms with van der Waals surface area (Å²) in [5.74, 6) is 0. The van der Waals surface area contributed by atoms with Crippen LogP contribution in [0.3, 0.4) is 0 Å². The molecular formula is C8H12O3S. The van der Waals surface area contributed by atoms with E-state index in [4.69, 9.17) is 0 Å². The Balaban J connectivity index is 0.000000202. The first kappa shape index (κ1) is 11.1. The van der Waals surface area contributed by atoms with Crippen molar-refractivity contribution in [2.45, 2.75) is 0 Å². The molecule has 0 N–H and O–H groups in total. The van der Waals surface area contributed by atoms with Gasteiger partial charge >= 0.3 is 0 Å². The first-order chi connectivity index (χ1) is 5.56. The molecule has 0 bridgehead atoms. The highest BCUT2D eigenvalue weighted by Crippen LogP contribution is 1.79. The quantitative estimate of drug-likeness (QED) is 0.623. The lowest BCUT2D eigenvalue weighted by Gasteiger charge is -1.84. The van der Waals surface area contributed by atoms with Gasteiger partial charge in [0.25, 0.3) is 10.1 Å². The molecule has 0 aliphatic carbocycles. The molecule has 1 aromatic carbocycles. The van der Waals surface area contributed by atoms with Gasteiger partial charge < -0.3 is 0 Å². The molecule has 0 heterocycles. The van der Waals surface area contributed by atoms with Crippen LogP contribution < -0.4 is 0 Å². The SMILES string of the molecule is COS(C)(=O)=O.c1ccccc1. The van der Waals surface area contributed by atoms with Crippen molar-refractivity contribution in [3.63, 3.8) is 0 Å². The zero-order valence-corrected chi connectivity index (χ0v) is 7.91. The van der Waals surface area contributed by atoms with E-state index in [0.29, 0.717) is 0 Å². The lowest BCUT2D eigenvalue weighted by molar-refractivity contribution is 0.403. The maximum Gasteiger partial charge on any atom is 0.264 e. The molecule has 0 radical (unpaired) electrons. The minimum absolute atomic E-state index is 0.993. The number of rotatable bonds is 1. The smallest absolute Gasteiger partial charge is 0.264 e. The summed E-state index contributed by atoms with van der Waals surface area (Å²) in [6, 6.07) is 12.0. The Morgan fingerprint density at radius 3 is 1.17 bits per heavy atom. The average Bonchev–Trinajstić information content (AvgIpc) is 2.07. The summed E-state index contributed by atoms with van der Waals surface area (Å²) in [5.41, 5.74) is 0. The van der Waals surface area contributed by atoms with Crippen LogP contribution in [0.2, 0.25) is 0 Å². The van der Waals surface area contributed by atoms with Crippen LogP contribution in [0.1, 0.15) is 0 Å². The Bertz CT molecular complexity index is 252. The van der Waals surface area contributed by atoms with E-state index in [1.54, 1.807) is 0 Å². The second kappa shape index (κ2) is 5.74. The molecule has 68 valence electrons. The van der Waals surface area contributed by atoms with Gasteiger partial charge in [-0.25, -0.2) is 0 Å². The molecule has 0 fully saturated rings. The Hall–Kier alpha value is -0.870. The van der Waals surface area contributed by atoms with Crippen molar-refractivity contribution in [1.29, 1.82) is 0 Å². The van der Waals surface area contributed by atoms with Gasteiger partial charge in [-0.15, -0.1) is 0 Å². The van der Waals surface area contributed by atoms with Crippen LogP contribution in [0.25, 0.3) is 0 Å². The summed E-state index contributed by atoms with van der Waals surface area (Å²) in [6.45, 7) is 0. The van der Waals surface area contributed by atoms with E-state index >= 15 is 0 Å². The van der Waals surface area contributed by atoms with Gasteiger partial charge in [-0.2, -0.15) is 8.42 Å². The van der Waals surface area contributed by atoms with Gasteiger partial charge in [0.2, 0.25) is 0 Å². The van der Waals surface area contributed by atoms with Crippen LogP contribution >= 0.6 is 0 Å². The monoisotopic (exact) mass is 188 g/mol. The summed E-state index contributed by atoms with van der Waals surface area (Å²) in [4.78, 5) is 0. The summed E-state index contributed by atoms with van der Waals surface area (Å²) in [5, 5.41) is 0. The zero-order valence-electron chi connectivity index (χ0n) is 7.10. The molecule has 1 aromatic rings. The van der Waals surface area contributed by atoms with E-state index in [-0.39, 0.29) is 0 Å². The van der Waals surface area contributed by atoms with Crippen LogP contribution in [0.4, 0.5) is 0 Å². The van der Waals surface area contributed by atoms with Gasteiger partial charge in [-0.3, -0.25) is 4.18 Å². The molecule has 1 rings (SSSR count). The maximum atomic E-state index is 9.78. The molecule has 0 aliphatic rings. The van der Waals surface area contributed by atoms with Gasteiger partial charge in [0.1, 0.15) is 0 Å². The standard InChI is InChI=1S/C6H6.C2H6O3S/c1-2-4-6-5-3-1;1-5-6(2,3)4/h1-6H;1-2H3. The molecule has 0 spiro atoms. The number of hydrogen-bond acceptors (Lipinski definition) is 3. The fraction of sp³-hybridized carbons (Fsp3) is 0.250. The first-order valence-corrected chi connectivity index (χ1v) is 5.13. The molecule has 0 atom stereocenters. The molecule has 3 nitrogen and oxygen atoms in total. The summed E-state index contributed by atoms with van der Waals surface area (Å²) < 4.78 is 23.5. The van der Waals surface area contributed by atoms with Gasteiger partial charge in [0.15, 0.2) is 0 Å². The van der Waals surface area contributed by atoms with Crippen molar-refractivity contribution < 1.29 is 12.6 Å². The zero-order chi connectivity index (χ0) is 9.45.